The summed E-state index contributed by atoms with van der Waals surface area (Å²) in [6.07, 6.45) is 0. The van der Waals surface area contributed by atoms with Crippen molar-refractivity contribution in [2.45, 2.75) is 6.92 Å². The van der Waals surface area contributed by atoms with Crippen LogP contribution in [0.3, 0.4) is 0 Å². The average molecular weight is 310 g/mol. The van der Waals surface area contributed by atoms with Crippen molar-refractivity contribution in [3.63, 3.8) is 0 Å². The summed E-state index contributed by atoms with van der Waals surface area (Å²) in [6.45, 7) is 1.90. The fourth-order valence-corrected chi connectivity index (χ4v) is 2.62. The van der Waals surface area contributed by atoms with Crippen molar-refractivity contribution in [2.75, 3.05) is 5.43 Å². The van der Waals surface area contributed by atoms with E-state index in [1.807, 2.05) is 54.8 Å². The predicted octanol–water partition coefficient (Wildman–Crippen LogP) is 3.33. The van der Waals surface area contributed by atoms with Crippen LogP contribution in [0.4, 0.5) is 5.95 Å². The number of aromatic amines is 1. The van der Waals surface area contributed by atoms with Crippen LogP contribution in [0.2, 0.25) is 0 Å². The van der Waals surface area contributed by atoms with E-state index in [0.29, 0.717) is 11.6 Å². The van der Waals surface area contributed by atoms with E-state index >= 15 is 0 Å². The third-order valence-electron chi connectivity index (χ3n) is 3.02. The number of aromatic nitrogens is 2. The lowest BCUT2D eigenvalue weighted by molar-refractivity contribution is 1.08. The van der Waals surface area contributed by atoms with Gasteiger partial charge < -0.3 is 0 Å². The molecule has 1 aromatic carbocycles. The van der Waals surface area contributed by atoms with Gasteiger partial charge >= 0.3 is 0 Å². The highest BCUT2D eigenvalue weighted by atomic mass is 32.1. The molecule has 3 aromatic rings. The van der Waals surface area contributed by atoms with Crippen LogP contribution < -0.4 is 11.0 Å². The Bertz CT molecular complexity index is 838. The Balaban J connectivity index is 1.87. The van der Waals surface area contributed by atoms with Crippen LogP contribution in [0.15, 0.2) is 63.8 Å². The van der Waals surface area contributed by atoms with Gasteiger partial charge in [0, 0.05) is 16.5 Å². The molecule has 0 saturated carbocycles. The Morgan fingerprint density at radius 3 is 2.77 bits per heavy atom. The van der Waals surface area contributed by atoms with Gasteiger partial charge in [0.2, 0.25) is 5.95 Å². The zero-order valence-electron chi connectivity index (χ0n) is 11.9. The average Bonchev–Trinajstić information content (AvgIpc) is 3.07. The second-order valence-electron chi connectivity index (χ2n) is 4.63. The molecule has 0 saturated heterocycles. The van der Waals surface area contributed by atoms with E-state index in [-0.39, 0.29) is 5.56 Å². The topological polar surface area (TPSA) is 70.1 Å². The Labute approximate surface area is 131 Å². The molecule has 0 fully saturated rings. The van der Waals surface area contributed by atoms with Crippen LogP contribution in [0.1, 0.15) is 11.8 Å². The van der Waals surface area contributed by atoms with Gasteiger partial charge in [-0.2, -0.15) is 5.10 Å². The number of nitrogens with zero attached hydrogens (tertiary/aromatic N) is 2. The number of thiophene rings is 1. The Kier molecular flexibility index (Phi) is 4.11. The van der Waals surface area contributed by atoms with E-state index in [1.54, 1.807) is 11.3 Å². The van der Waals surface area contributed by atoms with Crippen molar-refractivity contribution in [1.82, 2.24) is 9.97 Å². The van der Waals surface area contributed by atoms with Gasteiger partial charge in [-0.3, -0.25) is 9.78 Å². The van der Waals surface area contributed by atoms with Crippen LogP contribution in [-0.2, 0) is 0 Å². The van der Waals surface area contributed by atoms with Crippen molar-refractivity contribution in [1.29, 1.82) is 0 Å². The first kappa shape index (κ1) is 14.2. The molecule has 110 valence electrons. The zero-order chi connectivity index (χ0) is 15.4. The molecule has 2 aromatic heterocycles. The van der Waals surface area contributed by atoms with Crippen LogP contribution in [0, 0.1) is 0 Å². The van der Waals surface area contributed by atoms with Gasteiger partial charge in [0.15, 0.2) is 0 Å². The number of H-pyrrole nitrogens is 1. The number of rotatable bonds is 4. The first-order valence-corrected chi connectivity index (χ1v) is 7.61. The molecule has 0 unspecified atom stereocenters. The lowest BCUT2D eigenvalue weighted by Gasteiger charge is -2.04. The first-order chi connectivity index (χ1) is 10.7. The summed E-state index contributed by atoms with van der Waals surface area (Å²) in [5.74, 6) is 0.322. The summed E-state index contributed by atoms with van der Waals surface area (Å²) in [5.41, 5.74) is 4.92. The summed E-state index contributed by atoms with van der Waals surface area (Å²) in [7, 11) is 0. The molecule has 0 aliphatic heterocycles. The van der Waals surface area contributed by atoms with Crippen LogP contribution in [-0.4, -0.2) is 15.7 Å². The minimum atomic E-state index is -0.222. The van der Waals surface area contributed by atoms with Crippen LogP contribution in [0.25, 0.3) is 11.3 Å². The summed E-state index contributed by atoms with van der Waals surface area (Å²) in [6, 6.07) is 15.0. The minimum absolute atomic E-state index is 0.222. The van der Waals surface area contributed by atoms with Crippen LogP contribution in [0.5, 0.6) is 0 Å². The molecular weight excluding hydrogens is 296 g/mol. The number of anilines is 1. The molecule has 0 aliphatic rings. The molecule has 6 heteroatoms. The molecule has 0 bridgehead atoms. The summed E-state index contributed by atoms with van der Waals surface area (Å²) in [4.78, 5) is 19.9. The molecular formula is C16H14N4OS. The molecule has 5 nitrogen and oxygen atoms in total. The molecule has 2 N–H and O–H groups in total. The minimum Gasteiger partial charge on any atom is -0.291 e. The first-order valence-electron chi connectivity index (χ1n) is 6.73. The zero-order valence-corrected chi connectivity index (χ0v) is 12.7. The second kappa shape index (κ2) is 6.36. The lowest BCUT2D eigenvalue weighted by Crippen LogP contribution is -2.11. The van der Waals surface area contributed by atoms with Crippen LogP contribution >= 0.6 is 11.3 Å². The van der Waals surface area contributed by atoms with Gasteiger partial charge in [0.25, 0.3) is 5.56 Å². The van der Waals surface area contributed by atoms with E-state index in [2.05, 4.69) is 20.5 Å². The molecule has 0 radical (unpaired) electrons. The maximum atomic E-state index is 11.8. The fraction of sp³-hybridized carbons (Fsp3) is 0.0625. The van der Waals surface area contributed by atoms with Crippen molar-refractivity contribution in [3.8, 4) is 11.3 Å². The van der Waals surface area contributed by atoms with E-state index in [9.17, 15) is 4.79 Å². The van der Waals surface area contributed by atoms with Crippen molar-refractivity contribution in [3.05, 3.63) is 69.1 Å². The van der Waals surface area contributed by atoms with Gasteiger partial charge in [-0.25, -0.2) is 10.4 Å². The van der Waals surface area contributed by atoms with Gasteiger partial charge in [-0.15, -0.1) is 11.3 Å². The standard InChI is InChI=1S/C16H14N4OS/c1-11(14-8-5-9-22-14)19-20-16-17-13(10-15(21)18-16)12-6-3-2-4-7-12/h2-10H,1H3,(H2,17,18,20,21)/b19-11-. The second-order valence-corrected chi connectivity index (χ2v) is 5.58. The molecule has 2 heterocycles. The SMILES string of the molecule is C/C(=N/Nc1nc(-c2ccccc2)cc(=O)[nH]1)c1cccs1. The largest absolute Gasteiger partial charge is 0.291 e. The molecule has 0 atom stereocenters. The van der Waals surface area contributed by atoms with Crippen molar-refractivity contribution < 1.29 is 0 Å². The normalized spacial score (nSPS) is 11.4. The number of hydrogen-bond acceptors (Lipinski definition) is 5. The monoisotopic (exact) mass is 310 g/mol. The van der Waals surface area contributed by atoms with Crippen molar-refractivity contribution >= 4 is 23.0 Å². The van der Waals surface area contributed by atoms with E-state index in [4.69, 9.17) is 0 Å². The number of benzene rings is 1. The molecule has 0 aliphatic carbocycles. The number of hydrazone groups is 1. The molecule has 22 heavy (non-hydrogen) atoms. The Hall–Kier alpha value is -2.73. The summed E-state index contributed by atoms with van der Waals surface area (Å²) >= 11 is 1.61. The van der Waals surface area contributed by atoms with Gasteiger partial charge in [0.05, 0.1) is 11.4 Å². The third-order valence-corrected chi connectivity index (χ3v) is 4.00. The highest BCUT2D eigenvalue weighted by Gasteiger charge is 2.04. The highest BCUT2D eigenvalue weighted by molar-refractivity contribution is 7.12. The predicted molar refractivity (Wildman–Crippen MR) is 90.4 cm³/mol. The maximum Gasteiger partial charge on any atom is 0.252 e. The summed E-state index contributed by atoms with van der Waals surface area (Å²) in [5, 5.41) is 6.25. The molecule has 0 amide bonds. The Morgan fingerprint density at radius 1 is 1.23 bits per heavy atom. The van der Waals surface area contributed by atoms with Gasteiger partial charge in [0.1, 0.15) is 0 Å². The Morgan fingerprint density at radius 2 is 2.05 bits per heavy atom. The highest BCUT2D eigenvalue weighted by Crippen LogP contribution is 2.15. The summed E-state index contributed by atoms with van der Waals surface area (Å²) < 4.78 is 0. The third kappa shape index (κ3) is 3.29. The quantitative estimate of drug-likeness (QED) is 0.573. The molecule has 0 spiro atoms. The smallest absolute Gasteiger partial charge is 0.252 e. The number of nitrogens with one attached hydrogen (secondary N) is 2. The van der Waals surface area contributed by atoms with E-state index in [1.165, 1.54) is 6.07 Å². The van der Waals surface area contributed by atoms with Gasteiger partial charge in [-0.05, 0) is 18.4 Å². The maximum absolute atomic E-state index is 11.8. The lowest BCUT2D eigenvalue weighted by atomic mass is 10.1. The molecule has 3 rings (SSSR count). The van der Waals surface area contributed by atoms with E-state index in [0.717, 1.165) is 16.2 Å². The number of hydrogen-bond donors (Lipinski definition) is 2. The van der Waals surface area contributed by atoms with Gasteiger partial charge in [-0.1, -0.05) is 36.4 Å². The van der Waals surface area contributed by atoms with Crippen molar-refractivity contribution in [2.24, 2.45) is 5.10 Å². The van der Waals surface area contributed by atoms with E-state index < -0.39 is 0 Å². The fourth-order valence-electron chi connectivity index (χ4n) is 1.94.